The Morgan fingerprint density at radius 3 is 2.21 bits per heavy atom. The van der Waals surface area contributed by atoms with Crippen molar-refractivity contribution in [2.45, 2.75) is 12.1 Å². The van der Waals surface area contributed by atoms with E-state index in [1.807, 2.05) is 0 Å². The van der Waals surface area contributed by atoms with Crippen molar-refractivity contribution in [1.29, 1.82) is 0 Å². The summed E-state index contributed by atoms with van der Waals surface area (Å²) in [4.78, 5) is 0. The zero-order valence-corrected chi connectivity index (χ0v) is 8.14. The molecule has 1 aromatic rings. The van der Waals surface area contributed by atoms with Crippen molar-refractivity contribution in [3.05, 3.63) is 34.1 Å². The maximum absolute atomic E-state index is 12.9. The van der Waals surface area contributed by atoms with Crippen molar-refractivity contribution < 1.29 is 17.6 Å². The molecule has 78 valence electrons. The molecule has 0 radical (unpaired) electrons. The fourth-order valence-electron chi connectivity index (χ4n) is 0.907. The Kier molecular flexibility index (Phi) is 3.27. The molecule has 14 heavy (non-hydrogen) atoms. The van der Waals surface area contributed by atoms with E-state index in [0.717, 1.165) is 6.07 Å². The average Bonchev–Trinajstić information content (AvgIpc) is 2.07. The summed E-state index contributed by atoms with van der Waals surface area (Å²) in [6.45, 7) is 0. The van der Waals surface area contributed by atoms with Gasteiger partial charge in [-0.3, -0.25) is 0 Å². The van der Waals surface area contributed by atoms with Gasteiger partial charge in [-0.25, -0.2) is 4.39 Å². The lowest BCUT2D eigenvalue weighted by molar-refractivity contribution is -0.137. The minimum absolute atomic E-state index is 0.0688. The van der Waals surface area contributed by atoms with E-state index in [-0.39, 0.29) is 16.5 Å². The van der Waals surface area contributed by atoms with Gasteiger partial charge in [-0.15, -0.1) is 11.6 Å². The first-order valence-electron chi connectivity index (χ1n) is 3.47. The Morgan fingerprint density at radius 1 is 1.21 bits per heavy atom. The lowest BCUT2D eigenvalue weighted by atomic mass is 10.1. The minimum Gasteiger partial charge on any atom is -0.205 e. The zero-order chi connectivity index (χ0) is 10.9. The highest BCUT2D eigenvalue weighted by atomic mass is 35.5. The molecule has 0 saturated carbocycles. The fraction of sp³-hybridized carbons (Fsp3) is 0.250. The van der Waals surface area contributed by atoms with Crippen LogP contribution in [0.25, 0.3) is 0 Å². The molecule has 6 heteroatoms. The molecular formula is C8H4Cl2F4. The van der Waals surface area contributed by atoms with Crippen LogP contribution in [0.1, 0.15) is 11.1 Å². The molecule has 1 aromatic carbocycles. The van der Waals surface area contributed by atoms with E-state index in [4.69, 9.17) is 23.2 Å². The summed E-state index contributed by atoms with van der Waals surface area (Å²) < 4.78 is 49.4. The first kappa shape index (κ1) is 11.6. The van der Waals surface area contributed by atoms with Crippen LogP contribution in [-0.2, 0) is 12.1 Å². The topological polar surface area (TPSA) is 0 Å². The first-order valence-corrected chi connectivity index (χ1v) is 4.38. The Bertz CT molecular complexity index is 346. The van der Waals surface area contributed by atoms with E-state index < -0.39 is 17.6 Å². The molecule has 0 bridgehead atoms. The summed E-state index contributed by atoms with van der Waals surface area (Å²) in [6.07, 6.45) is -4.59. The van der Waals surface area contributed by atoms with Gasteiger partial charge in [0.25, 0.3) is 0 Å². The number of benzene rings is 1. The number of rotatable bonds is 1. The number of alkyl halides is 4. The highest BCUT2D eigenvalue weighted by Gasteiger charge is 2.32. The fourth-order valence-corrected chi connectivity index (χ4v) is 1.36. The lowest BCUT2D eigenvalue weighted by Gasteiger charge is -2.09. The Labute approximate surface area is 87.4 Å². The molecule has 0 N–H and O–H groups in total. The maximum atomic E-state index is 12.9. The van der Waals surface area contributed by atoms with E-state index in [2.05, 4.69) is 0 Å². The summed E-state index contributed by atoms with van der Waals surface area (Å²) in [6, 6.07) is 1.08. The van der Waals surface area contributed by atoms with Gasteiger partial charge >= 0.3 is 6.18 Å². The molecule has 0 nitrogen and oxygen atoms in total. The first-order chi connectivity index (χ1) is 6.36. The van der Waals surface area contributed by atoms with Crippen molar-refractivity contribution in [2.24, 2.45) is 0 Å². The van der Waals surface area contributed by atoms with Crippen LogP contribution in [0.2, 0.25) is 5.02 Å². The number of hydrogen-bond donors (Lipinski definition) is 0. The second-order valence-corrected chi connectivity index (χ2v) is 3.21. The van der Waals surface area contributed by atoms with E-state index in [1.165, 1.54) is 0 Å². The maximum Gasteiger partial charge on any atom is 0.416 e. The molecule has 0 atom stereocenters. The van der Waals surface area contributed by atoms with Crippen molar-refractivity contribution in [1.82, 2.24) is 0 Å². The molecule has 1 rings (SSSR count). The summed E-state index contributed by atoms with van der Waals surface area (Å²) >= 11 is 10.7. The Morgan fingerprint density at radius 2 is 1.79 bits per heavy atom. The van der Waals surface area contributed by atoms with Crippen molar-refractivity contribution >= 4 is 23.2 Å². The van der Waals surface area contributed by atoms with Gasteiger partial charge in [0, 0.05) is 5.88 Å². The van der Waals surface area contributed by atoms with E-state index in [1.54, 1.807) is 0 Å². The van der Waals surface area contributed by atoms with Gasteiger partial charge in [0.05, 0.1) is 10.6 Å². The molecule has 0 amide bonds. The third kappa shape index (κ3) is 2.30. The molecule has 0 aliphatic carbocycles. The van der Waals surface area contributed by atoms with Gasteiger partial charge in [-0.1, -0.05) is 11.6 Å². The standard InChI is InChI=1S/C8H4Cl2F4/c9-3-4-1-5(8(12,13)14)2-6(11)7(4)10/h1-2H,3H2. The highest BCUT2D eigenvalue weighted by molar-refractivity contribution is 6.32. The van der Waals surface area contributed by atoms with Gasteiger partial charge in [-0.2, -0.15) is 13.2 Å². The molecule has 0 aromatic heterocycles. The summed E-state index contributed by atoms with van der Waals surface area (Å²) in [5.41, 5.74) is -1.16. The number of hydrogen-bond acceptors (Lipinski definition) is 0. The second kappa shape index (κ2) is 3.95. The molecule has 0 aliphatic heterocycles. The van der Waals surface area contributed by atoms with Gasteiger partial charge in [0.2, 0.25) is 0 Å². The predicted molar refractivity (Wildman–Crippen MR) is 46.0 cm³/mol. The molecule has 0 fully saturated rings. The molecule has 0 spiro atoms. The van der Waals surface area contributed by atoms with Crippen LogP contribution in [0, 0.1) is 5.82 Å². The van der Waals surface area contributed by atoms with Gasteiger partial charge in [0.15, 0.2) is 0 Å². The third-order valence-electron chi connectivity index (χ3n) is 1.57. The van der Waals surface area contributed by atoms with E-state index >= 15 is 0 Å². The summed E-state index contributed by atoms with van der Waals surface area (Å²) in [5, 5.41) is -0.368. The highest BCUT2D eigenvalue weighted by Crippen LogP contribution is 2.33. The minimum atomic E-state index is -4.59. The monoisotopic (exact) mass is 246 g/mol. The smallest absolute Gasteiger partial charge is 0.205 e. The number of halogens is 6. The molecule has 0 unspecified atom stereocenters. The average molecular weight is 247 g/mol. The van der Waals surface area contributed by atoms with Gasteiger partial charge < -0.3 is 0 Å². The van der Waals surface area contributed by atoms with Crippen LogP contribution in [0.3, 0.4) is 0 Å². The molecule has 0 heterocycles. The quantitative estimate of drug-likeness (QED) is 0.514. The molecular weight excluding hydrogens is 243 g/mol. The predicted octanol–water partition coefficient (Wildman–Crippen LogP) is 4.24. The van der Waals surface area contributed by atoms with Crippen molar-refractivity contribution in [3.63, 3.8) is 0 Å². The summed E-state index contributed by atoms with van der Waals surface area (Å²) in [5.74, 6) is -1.38. The Balaban J connectivity index is 3.30. The molecule has 0 saturated heterocycles. The second-order valence-electron chi connectivity index (χ2n) is 2.56. The van der Waals surface area contributed by atoms with Crippen LogP contribution >= 0.6 is 23.2 Å². The largest absolute Gasteiger partial charge is 0.416 e. The van der Waals surface area contributed by atoms with Crippen LogP contribution in [0.4, 0.5) is 17.6 Å². The van der Waals surface area contributed by atoms with Crippen LogP contribution in [0.15, 0.2) is 12.1 Å². The van der Waals surface area contributed by atoms with Crippen molar-refractivity contribution in [2.75, 3.05) is 0 Å². The van der Waals surface area contributed by atoms with E-state index in [9.17, 15) is 17.6 Å². The molecule has 0 aliphatic rings. The van der Waals surface area contributed by atoms with Gasteiger partial charge in [-0.05, 0) is 17.7 Å². The third-order valence-corrected chi connectivity index (χ3v) is 2.29. The van der Waals surface area contributed by atoms with Crippen LogP contribution in [-0.4, -0.2) is 0 Å². The summed E-state index contributed by atoms with van der Waals surface area (Å²) in [7, 11) is 0. The van der Waals surface area contributed by atoms with Crippen LogP contribution in [0.5, 0.6) is 0 Å². The van der Waals surface area contributed by atoms with Crippen molar-refractivity contribution in [3.8, 4) is 0 Å². The zero-order valence-electron chi connectivity index (χ0n) is 6.63. The SMILES string of the molecule is Fc1cc(C(F)(F)F)cc(CCl)c1Cl. The van der Waals surface area contributed by atoms with Gasteiger partial charge in [0.1, 0.15) is 5.82 Å². The Hall–Kier alpha value is -0.480. The van der Waals surface area contributed by atoms with Crippen LogP contribution < -0.4 is 0 Å². The van der Waals surface area contributed by atoms with E-state index in [0.29, 0.717) is 6.07 Å². The normalized spacial score (nSPS) is 11.9. The lowest BCUT2D eigenvalue weighted by Crippen LogP contribution is -2.06.